The van der Waals surface area contributed by atoms with Gasteiger partial charge in [-0.15, -0.1) is 0 Å². The molecular formula is C15H23O3PPb. The van der Waals surface area contributed by atoms with Gasteiger partial charge in [0.25, 0.3) is 0 Å². The smallest absolute Gasteiger partial charge is 0.810 e. The second-order valence-corrected chi connectivity index (χ2v) is 5.42. The van der Waals surface area contributed by atoms with E-state index < -0.39 is 8.60 Å². The summed E-state index contributed by atoms with van der Waals surface area (Å²) in [6.07, 6.45) is 9.66. The van der Waals surface area contributed by atoms with E-state index in [0.29, 0.717) is 5.75 Å². The van der Waals surface area contributed by atoms with Crippen molar-refractivity contribution < 1.29 is 14.3 Å². The fourth-order valence-electron chi connectivity index (χ4n) is 2.15. The SMILES string of the molecule is CCCCCCCCCc1ccccc1OP([O-])[O-].[Pb+2]. The summed E-state index contributed by atoms with van der Waals surface area (Å²) in [7, 11) is -2.82. The van der Waals surface area contributed by atoms with E-state index in [1.807, 2.05) is 12.1 Å². The molecule has 0 N–H and O–H groups in total. The van der Waals surface area contributed by atoms with Crippen molar-refractivity contribution >= 4 is 35.9 Å². The molecule has 0 unspecified atom stereocenters. The Bertz CT molecular complexity index is 348. The predicted molar refractivity (Wildman–Crippen MR) is 81.4 cm³/mol. The number of aryl methyl sites for hydroxylation is 1. The third-order valence-electron chi connectivity index (χ3n) is 3.20. The Labute approximate surface area is 143 Å². The zero-order valence-corrected chi connectivity index (χ0v) is 16.9. The summed E-state index contributed by atoms with van der Waals surface area (Å²) in [6, 6.07) is 7.36. The first kappa shape index (κ1) is 20.3. The predicted octanol–water partition coefficient (Wildman–Crippen LogP) is 2.93. The van der Waals surface area contributed by atoms with E-state index in [-0.39, 0.29) is 27.3 Å². The largest absolute Gasteiger partial charge is 2.00 e. The molecule has 0 spiro atoms. The second kappa shape index (κ2) is 13.0. The molecule has 1 rings (SSSR count). The first-order chi connectivity index (χ1) is 9.24. The molecular weight excluding hydrogens is 466 g/mol. The first-order valence-corrected chi connectivity index (χ1v) is 8.24. The van der Waals surface area contributed by atoms with Crippen LogP contribution in [-0.2, 0) is 6.42 Å². The van der Waals surface area contributed by atoms with Crippen LogP contribution < -0.4 is 14.3 Å². The van der Waals surface area contributed by atoms with Gasteiger partial charge in [0.15, 0.2) is 0 Å². The minimum atomic E-state index is -2.82. The average molecular weight is 490 g/mol. The molecule has 1 aromatic carbocycles. The van der Waals surface area contributed by atoms with E-state index in [1.54, 1.807) is 12.1 Å². The Hall–Kier alpha value is 0.292. The normalized spacial score (nSPS) is 10.4. The molecule has 2 radical (unpaired) electrons. The molecule has 0 bridgehead atoms. The minimum Gasteiger partial charge on any atom is -0.810 e. The van der Waals surface area contributed by atoms with Crippen LogP contribution in [0.5, 0.6) is 5.75 Å². The Morgan fingerprint density at radius 1 is 0.950 bits per heavy atom. The fraction of sp³-hybridized carbons (Fsp3) is 0.600. The van der Waals surface area contributed by atoms with E-state index >= 15 is 0 Å². The average Bonchev–Trinajstić information content (AvgIpc) is 2.39. The van der Waals surface area contributed by atoms with Gasteiger partial charge in [0, 0.05) is 0 Å². The zero-order chi connectivity index (χ0) is 13.9. The summed E-state index contributed by atoms with van der Waals surface area (Å²) < 4.78 is 4.81. The molecule has 0 saturated carbocycles. The van der Waals surface area contributed by atoms with E-state index in [2.05, 4.69) is 6.92 Å². The third-order valence-corrected chi connectivity index (χ3v) is 3.54. The fourth-order valence-corrected chi connectivity index (χ4v) is 2.49. The molecule has 0 atom stereocenters. The van der Waals surface area contributed by atoms with Crippen molar-refractivity contribution in [1.29, 1.82) is 0 Å². The molecule has 0 amide bonds. The van der Waals surface area contributed by atoms with Crippen LogP contribution in [0.15, 0.2) is 24.3 Å². The second-order valence-electron chi connectivity index (χ2n) is 4.79. The number of para-hydroxylation sites is 1. The third kappa shape index (κ3) is 9.27. The molecule has 3 nitrogen and oxygen atoms in total. The maximum Gasteiger partial charge on any atom is 2.00 e. The summed E-state index contributed by atoms with van der Waals surface area (Å²) in [6.45, 7) is 2.22. The van der Waals surface area contributed by atoms with E-state index in [9.17, 15) is 9.79 Å². The quantitative estimate of drug-likeness (QED) is 0.289. The molecule has 0 aromatic heterocycles. The molecule has 5 heteroatoms. The van der Waals surface area contributed by atoms with Crippen molar-refractivity contribution in [3.05, 3.63) is 29.8 Å². The number of benzene rings is 1. The maximum atomic E-state index is 10.6. The number of hydrogen-bond acceptors (Lipinski definition) is 3. The zero-order valence-electron chi connectivity index (χ0n) is 12.1. The number of hydrogen-bond donors (Lipinski definition) is 0. The Balaban J connectivity index is 0.00000361. The van der Waals surface area contributed by atoms with Crippen molar-refractivity contribution in [3.63, 3.8) is 0 Å². The molecule has 1 aromatic rings. The van der Waals surface area contributed by atoms with Gasteiger partial charge in [-0.2, -0.15) is 0 Å². The molecule has 0 heterocycles. The van der Waals surface area contributed by atoms with Crippen LogP contribution in [0.3, 0.4) is 0 Å². The van der Waals surface area contributed by atoms with Gasteiger partial charge in [-0.25, -0.2) is 0 Å². The van der Waals surface area contributed by atoms with Crippen LogP contribution in [-0.4, -0.2) is 27.3 Å². The standard InChI is InChI=1S/C15H23O3P.Pb/c1-2-3-4-5-6-7-8-11-14-12-9-10-13-15(14)18-19(16)17;/h9-10,12-13H,2-8,11H2,1H3;/q-2;+2. The van der Waals surface area contributed by atoms with Gasteiger partial charge < -0.3 is 14.3 Å². The van der Waals surface area contributed by atoms with Crippen molar-refractivity contribution in [2.45, 2.75) is 58.3 Å². The summed E-state index contributed by atoms with van der Waals surface area (Å²) in [5.41, 5.74) is 0.982. The first-order valence-electron chi connectivity index (χ1n) is 7.14. The molecule has 0 saturated heterocycles. The Morgan fingerprint density at radius 2 is 1.55 bits per heavy atom. The van der Waals surface area contributed by atoms with Gasteiger partial charge in [-0.3, -0.25) is 0 Å². The van der Waals surface area contributed by atoms with Gasteiger partial charge in [0.2, 0.25) is 0 Å². The topological polar surface area (TPSA) is 55.3 Å². The van der Waals surface area contributed by atoms with Crippen LogP contribution in [0.2, 0.25) is 0 Å². The molecule has 0 aliphatic heterocycles. The van der Waals surface area contributed by atoms with Gasteiger partial charge >= 0.3 is 27.3 Å². The van der Waals surface area contributed by atoms with Crippen molar-refractivity contribution in [3.8, 4) is 5.75 Å². The van der Waals surface area contributed by atoms with Gasteiger partial charge in [-0.05, 0) is 24.5 Å². The number of unbranched alkanes of at least 4 members (excludes halogenated alkanes) is 6. The van der Waals surface area contributed by atoms with Gasteiger partial charge in [0.05, 0.1) is 0 Å². The van der Waals surface area contributed by atoms with Crippen LogP contribution in [0.4, 0.5) is 0 Å². The summed E-state index contributed by atoms with van der Waals surface area (Å²) in [5, 5.41) is 0. The molecule has 0 aliphatic rings. The van der Waals surface area contributed by atoms with Crippen molar-refractivity contribution in [2.75, 3.05) is 0 Å². The van der Waals surface area contributed by atoms with Crippen LogP contribution in [0, 0.1) is 0 Å². The summed E-state index contributed by atoms with van der Waals surface area (Å²) >= 11 is 0. The monoisotopic (exact) mass is 490 g/mol. The summed E-state index contributed by atoms with van der Waals surface area (Å²) in [5.74, 6) is 0.476. The van der Waals surface area contributed by atoms with E-state index in [0.717, 1.165) is 18.4 Å². The van der Waals surface area contributed by atoms with Gasteiger partial charge in [-0.1, -0.05) is 72.3 Å². The number of rotatable bonds is 10. The Kier molecular flexibility index (Phi) is 13.2. The molecule has 0 aliphatic carbocycles. The van der Waals surface area contributed by atoms with Crippen LogP contribution in [0.25, 0.3) is 0 Å². The summed E-state index contributed by atoms with van der Waals surface area (Å²) in [4.78, 5) is 21.2. The maximum absolute atomic E-state index is 10.6. The van der Waals surface area contributed by atoms with Crippen LogP contribution in [0.1, 0.15) is 57.4 Å². The van der Waals surface area contributed by atoms with E-state index in [1.165, 1.54) is 38.5 Å². The molecule has 110 valence electrons. The molecule has 0 fully saturated rings. The van der Waals surface area contributed by atoms with Gasteiger partial charge in [0.1, 0.15) is 5.75 Å². The Morgan fingerprint density at radius 3 is 2.20 bits per heavy atom. The van der Waals surface area contributed by atoms with Crippen molar-refractivity contribution in [2.24, 2.45) is 0 Å². The van der Waals surface area contributed by atoms with E-state index in [4.69, 9.17) is 4.52 Å². The minimum absolute atomic E-state index is 0. The molecule has 20 heavy (non-hydrogen) atoms. The van der Waals surface area contributed by atoms with Crippen molar-refractivity contribution in [1.82, 2.24) is 0 Å². The van der Waals surface area contributed by atoms with Crippen LogP contribution >= 0.6 is 8.60 Å².